The number of ether oxygens (including phenoxy) is 3. The molecule has 0 spiro atoms. The number of para-hydroxylation sites is 2. The van der Waals surface area contributed by atoms with Crippen LogP contribution in [-0.2, 0) is 16.0 Å². The van der Waals surface area contributed by atoms with Crippen molar-refractivity contribution in [3.8, 4) is 11.5 Å². The highest BCUT2D eigenvalue weighted by Gasteiger charge is 2.28. The number of carbonyl (C=O) groups excluding carboxylic acids is 1. The second-order valence-corrected chi connectivity index (χ2v) is 5.48. The molecule has 23 heavy (non-hydrogen) atoms. The molecule has 1 aliphatic rings. The van der Waals surface area contributed by atoms with Crippen molar-refractivity contribution in [2.45, 2.75) is 32.5 Å². The molecular weight excluding hydrogens is 292 g/mol. The number of benzene rings is 2. The van der Waals surface area contributed by atoms with Gasteiger partial charge in [-0.25, -0.2) is 4.79 Å². The minimum Gasteiger partial charge on any atom is -0.460 e. The Labute approximate surface area is 136 Å². The molecule has 2 aromatic carbocycles. The third-order valence-electron chi connectivity index (χ3n) is 3.73. The molecule has 3 rings (SSSR count). The fourth-order valence-electron chi connectivity index (χ4n) is 2.47. The molecule has 0 aliphatic carbocycles. The van der Waals surface area contributed by atoms with Gasteiger partial charge in [-0.2, -0.15) is 0 Å². The van der Waals surface area contributed by atoms with Crippen LogP contribution in [0.1, 0.15) is 30.9 Å². The van der Waals surface area contributed by atoms with E-state index >= 15 is 0 Å². The molecule has 0 bridgehead atoms. The highest BCUT2D eigenvalue weighted by molar-refractivity contribution is 5.74. The SMILES string of the molecule is CCCCOC(=O)C1Oc2ccccc2Cc2ccccc2O1. The summed E-state index contributed by atoms with van der Waals surface area (Å²) in [4.78, 5) is 12.3. The largest absolute Gasteiger partial charge is 0.460 e. The molecule has 0 saturated carbocycles. The maximum atomic E-state index is 12.3. The molecule has 0 unspecified atom stereocenters. The Morgan fingerprint density at radius 1 is 1.04 bits per heavy atom. The van der Waals surface area contributed by atoms with Crippen LogP contribution in [0.4, 0.5) is 0 Å². The zero-order chi connectivity index (χ0) is 16.1. The summed E-state index contributed by atoms with van der Waals surface area (Å²) in [6.45, 7) is 2.42. The molecule has 0 aromatic heterocycles. The van der Waals surface area contributed by atoms with Crippen LogP contribution in [0.25, 0.3) is 0 Å². The van der Waals surface area contributed by atoms with E-state index in [-0.39, 0.29) is 0 Å². The Balaban J connectivity index is 1.88. The smallest absolute Gasteiger partial charge is 0.389 e. The van der Waals surface area contributed by atoms with E-state index in [0.29, 0.717) is 24.5 Å². The summed E-state index contributed by atoms with van der Waals surface area (Å²) in [7, 11) is 0. The first-order valence-electron chi connectivity index (χ1n) is 7.93. The van der Waals surface area contributed by atoms with Gasteiger partial charge in [0.2, 0.25) is 0 Å². The van der Waals surface area contributed by atoms with Gasteiger partial charge >= 0.3 is 12.3 Å². The lowest BCUT2D eigenvalue weighted by Gasteiger charge is -2.24. The van der Waals surface area contributed by atoms with Gasteiger partial charge in [-0.05, 0) is 29.7 Å². The lowest BCUT2D eigenvalue weighted by molar-refractivity contribution is -0.166. The summed E-state index contributed by atoms with van der Waals surface area (Å²) < 4.78 is 16.8. The van der Waals surface area contributed by atoms with Crippen molar-refractivity contribution in [2.75, 3.05) is 6.61 Å². The lowest BCUT2D eigenvalue weighted by Crippen LogP contribution is -2.36. The van der Waals surface area contributed by atoms with Crippen molar-refractivity contribution in [1.29, 1.82) is 0 Å². The third-order valence-corrected chi connectivity index (χ3v) is 3.73. The van der Waals surface area contributed by atoms with Gasteiger partial charge in [-0.3, -0.25) is 0 Å². The second-order valence-electron chi connectivity index (χ2n) is 5.48. The Bertz CT molecular complexity index is 633. The maximum absolute atomic E-state index is 12.3. The van der Waals surface area contributed by atoms with E-state index in [1.165, 1.54) is 0 Å². The molecule has 0 N–H and O–H groups in total. The van der Waals surface area contributed by atoms with Gasteiger partial charge < -0.3 is 14.2 Å². The van der Waals surface area contributed by atoms with Crippen molar-refractivity contribution in [3.63, 3.8) is 0 Å². The van der Waals surface area contributed by atoms with E-state index < -0.39 is 12.3 Å². The number of carbonyl (C=O) groups is 1. The molecule has 0 saturated heterocycles. The number of esters is 1. The number of hydrogen-bond acceptors (Lipinski definition) is 4. The first kappa shape index (κ1) is 15.4. The van der Waals surface area contributed by atoms with Crippen LogP contribution in [0, 0.1) is 0 Å². The maximum Gasteiger partial charge on any atom is 0.389 e. The van der Waals surface area contributed by atoms with Gasteiger partial charge in [-0.15, -0.1) is 0 Å². The average molecular weight is 312 g/mol. The molecule has 120 valence electrons. The molecule has 0 amide bonds. The van der Waals surface area contributed by atoms with Crippen LogP contribution in [0.15, 0.2) is 48.5 Å². The Kier molecular flexibility index (Phi) is 4.81. The summed E-state index contributed by atoms with van der Waals surface area (Å²) >= 11 is 0. The molecule has 4 heteroatoms. The van der Waals surface area contributed by atoms with E-state index in [2.05, 4.69) is 0 Å². The van der Waals surface area contributed by atoms with Gasteiger partial charge in [0, 0.05) is 6.42 Å². The van der Waals surface area contributed by atoms with E-state index in [1.807, 2.05) is 55.5 Å². The molecule has 0 radical (unpaired) electrons. The highest BCUT2D eigenvalue weighted by Crippen LogP contribution is 2.30. The van der Waals surface area contributed by atoms with Crippen LogP contribution in [0.2, 0.25) is 0 Å². The predicted molar refractivity (Wildman–Crippen MR) is 86.6 cm³/mol. The molecule has 4 nitrogen and oxygen atoms in total. The minimum absolute atomic E-state index is 0.377. The fraction of sp³-hybridized carbons (Fsp3) is 0.316. The Morgan fingerprint density at radius 2 is 1.61 bits per heavy atom. The van der Waals surface area contributed by atoms with Gasteiger partial charge in [-0.1, -0.05) is 49.7 Å². The van der Waals surface area contributed by atoms with Crippen molar-refractivity contribution >= 4 is 5.97 Å². The predicted octanol–water partition coefficient (Wildman–Crippen LogP) is 3.72. The summed E-state index contributed by atoms with van der Waals surface area (Å²) in [6, 6.07) is 15.4. The normalized spacial score (nSPS) is 13.6. The Morgan fingerprint density at radius 3 is 2.17 bits per heavy atom. The van der Waals surface area contributed by atoms with Crippen molar-refractivity contribution < 1.29 is 19.0 Å². The molecule has 1 aliphatic heterocycles. The summed E-state index contributed by atoms with van der Waals surface area (Å²) in [5.41, 5.74) is 2.05. The fourth-order valence-corrected chi connectivity index (χ4v) is 2.47. The van der Waals surface area contributed by atoms with E-state index in [9.17, 15) is 4.79 Å². The molecule has 0 fully saturated rings. The van der Waals surface area contributed by atoms with Crippen molar-refractivity contribution in [3.05, 3.63) is 59.7 Å². The van der Waals surface area contributed by atoms with Crippen LogP contribution in [-0.4, -0.2) is 18.9 Å². The molecule has 2 aromatic rings. The first-order valence-corrected chi connectivity index (χ1v) is 7.93. The third kappa shape index (κ3) is 3.65. The number of fused-ring (bicyclic) bond motifs is 2. The van der Waals surface area contributed by atoms with Gasteiger partial charge in [0.1, 0.15) is 11.5 Å². The van der Waals surface area contributed by atoms with Crippen LogP contribution in [0.5, 0.6) is 11.5 Å². The van der Waals surface area contributed by atoms with E-state index in [4.69, 9.17) is 14.2 Å². The zero-order valence-electron chi connectivity index (χ0n) is 13.2. The van der Waals surface area contributed by atoms with Crippen molar-refractivity contribution in [2.24, 2.45) is 0 Å². The number of unbranched alkanes of at least 4 members (excludes halogenated alkanes) is 1. The molecular formula is C19H20O4. The van der Waals surface area contributed by atoms with E-state index in [1.54, 1.807) is 0 Å². The topological polar surface area (TPSA) is 44.8 Å². The number of rotatable bonds is 4. The van der Waals surface area contributed by atoms with Gasteiger partial charge in [0.15, 0.2) is 0 Å². The van der Waals surface area contributed by atoms with Crippen LogP contribution < -0.4 is 9.47 Å². The number of hydrogen-bond donors (Lipinski definition) is 0. The quantitative estimate of drug-likeness (QED) is 0.637. The summed E-state index contributed by atoms with van der Waals surface area (Å²) in [5, 5.41) is 0. The van der Waals surface area contributed by atoms with Crippen LogP contribution in [0.3, 0.4) is 0 Å². The second kappa shape index (κ2) is 7.18. The minimum atomic E-state index is -1.09. The first-order chi connectivity index (χ1) is 11.3. The highest BCUT2D eigenvalue weighted by atomic mass is 16.7. The zero-order valence-corrected chi connectivity index (χ0v) is 13.2. The summed E-state index contributed by atoms with van der Waals surface area (Å²) in [5.74, 6) is 0.809. The molecule has 0 atom stereocenters. The van der Waals surface area contributed by atoms with Gasteiger partial charge in [0.25, 0.3) is 0 Å². The standard InChI is InChI=1S/C19H20O4/c1-2-3-12-21-18(20)19-22-16-10-6-4-8-14(16)13-15-9-5-7-11-17(15)23-19/h4-11,19H,2-3,12-13H2,1H3. The summed E-state index contributed by atoms with van der Waals surface area (Å²) in [6.07, 6.45) is 1.40. The monoisotopic (exact) mass is 312 g/mol. The van der Waals surface area contributed by atoms with Crippen LogP contribution >= 0.6 is 0 Å². The van der Waals surface area contributed by atoms with Gasteiger partial charge in [0.05, 0.1) is 6.61 Å². The van der Waals surface area contributed by atoms with Crippen molar-refractivity contribution in [1.82, 2.24) is 0 Å². The van der Waals surface area contributed by atoms with E-state index in [0.717, 1.165) is 24.0 Å². The molecule has 1 heterocycles. The average Bonchev–Trinajstić information content (AvgIpc) is 2.55. The lowest BCUT2D eigenvalue weighted by atomic mass is 10.0. The Hall–Kier alpha value is -2.49.